The molecular weight excluding hydrogens is 206 g/mol. The molecule has 3 rings (SSSR count). The Morgan fingerprint density at radius 3 is 2.12 bits per heavy atom. The van der Waals surface area contributed by atoms with Gasteiger partial charge >= 0.3 is 0 Å². The van der Waals surface area contributed by atoms with Crippen molar-refractivity contribution in [2.45, 2.75) is 5.92 Å². The maximum Gasteiger partial charge on any atom is 0.0589 e. The lowest BCUT2D eigenvalue weighted by atomic mass is 9.91. The van der Waals surface area contributed by atoms with E-state index in [1.165, 1.54) is 11.1 Å². The molecule has 1 heterocycles. The Balaban J connectivity index is 1.98. The minimum absolute atomic E-state index is 0.290. The minimum Gasteiger partial charge on any atom is -0.260 e. The van der Waals surface area contributed by atoms with Crippen LogP contribution in [0.1, 0.15) is 17.0 Å². The van der Waals surface area contributed by atoms with Crippen molar-refractivity contribution in [1.29, 1.82) is 0 Å². The van der Waals surface area contributed by atoms with Gasteiger partial charge in [0.15, 0.2) is 0 Å². The summed E-state index contributed by atoms with van der Waals surface area (Å²) in [4.78, 5) is 4.50. The third kappa shape index (κ3) is 1.92. The quantitative estimate of drug-likeness (QED) is 0.728. The predicted octanol–water partition coefficient (Wildman–Crippen LogP) is 3.79. The van der Waals surface area contributed by atoms with Crippen LogP contribution in [-0.4, -0.2) is 5.71 Å². The summed E-state index contributed by atoms with van der Waals surface area (Å²) < 4.78 is 0. The Labute approximate surface area is 101 Å². The van der Waals surface area contributed by atoms with Gasteiger partial charge in [0.2, 0.25) is 0 Å². The zero-order valence-corrected chi connectivity index (χ0v) is 9.45. The molecule has 1 unspecified atom stereocenters. The Morgan fingerprint density at radius 2 is 1.41 bits per heavy atom. The van der Waals surface area contributed by atoms with Crippen LogP contribution >= 0.6 is 0 Å². The molecule has 0 aliphatic carbocycles. The molecule has 2 aromatic carbocycles. The lowest BCUT2D eigenvalue weighted by Gasteiger charge is -2.12. The third-order valence-electron chi connectivity index (χ3n) is 3.01. The van der Waals surface area contributed by atoms with E-state index < -0.39 is 0 Å². The van der Waals surface area contributed by atoms with Crippen LogP contribution in [0.4, 0.5) is 0 Å². The largest absolute Gasteiger partial charge is 0.260 e. The van der Waals surface area contributed by atoms with Gasteiger partial charge in [0, 0.05) is 12.1 Å². The molecule has 0 aromatic heterocycles. The summed E-state index contributed by atoms with van der Waals surface area (Å²) in [7, 11) is 0. The van der Waals surface area contributed by atoms with Gasteiger partial charge in [-0.25, -0.2) is 0 Å². The molecule has 0 saturated carbocycles. The maximum atomic E-state index is 4.50. The standard InChI is InChI=1S/C16H13N/c1-3-7-13(8-4-1)15-11-12-17-16(15)14-9-5-2-6-10-14/h1-12,15H. The molecule has 82 valence electrons. The van der Waals surface area contributed by atoms with Crippen molar-refractivity contribution in [2.24, 2.45) is 4.99 Å². The molecule has 0 fully saturated rings. The lowest BCUT2D eigenvalue weighted by molar-refractivity contribution is 1.16. The Bertz CT molecular complexity index is 553. The van der Waals surface area contributed by atoms with E-state index in [-0.39, 0.29) is 0 Å². The second-order valence-electron chi connectivity index (χ2n) is 4.11. The summed E-state index contributed by atoms with van der Waals surface area (Å²) in [5, 5.41) is 0. The average molecular weight is 219 g/mol. The number of rotatable bonds is 2. The first-order valence-electron chi connectivity index (χ1n) is 5.80. The van der Waals surface area contributed by atoms with Crippen molar-refractivity contribution < 1.29 is 0 Å². The molecule has 0 spiro atoms. The average Bonchev–Trinajstić information content (AvgIpc) is 2.90. The highest BCUT2D eigenvalue weighted by Crippen LogP contribution is 2.26. The van der Waals surface area contributed by atoms with Crippen LogP contribution in [0.25, 0.3) is 0 Å². The summed E-state index contributed by atoms with van der Waals surface area (Å²) >= 11 is 0. The van der Waals surface area contributed by atoms with Gasteiger partial charge in [-0.1, -0.05) is 66.7 Å². The summed E-state index contributed by atoms with van der Waals surface area (Å²) in [6, 6.07) is 20.9. The Kier molecular flexibility index (Phi) is 2.59. The van der Waals surface area contributed by atoms with Crippen LogP contribution in [0, 0.1) is 0 Å². The summed E-state index contributed by atoms with van der Waals surface area (Å²) in [5.41, 5.74) is 3.63. The number of nitrogens with zero attached hydrogens (tertiary/aromatic N) is 1. The molecule has 1 heteroatoms. The zero-order chi connectivity index (χ0) is 11.5. The second kappa shape index (κ2) is 4.38. The molecule has 1 nitrogen and oxygen atoms in total. The van der Waals surface area contributed by atoms with Crippen LogP contribution in [-0.2, 0) is 0 Å². The van der Waals surface area contributed by atoms with Crippen molar-refractivity contribution in [1.82, 2.24) is 0 Å². The van der Waals surface area contributed by atoms with Gasteiger partial charge in [-0.2, -0.15) is 0 Å². The van der Waals surface area contributed by atoms with E-state index in [0.717, 1.165) is 5.71 Å². The molecule has 1 aliphatic heterocycles. The van der Waals surface area contributed by atoms with E-state index >= 15 is 0 Å². The highest BCUT2D eigenvalue weighted by molar-refractivity contribution is 6.07. The zero-order valence-electron chi connectivity index (χ0n) is 9.45. The summed E-state index contributed by atoms with van der Waals surface area (Å²) in [5.74, 6) is 0.290. The third-order valence-corrected chi connectivity index (χ3v) is 3.01. The predicted molar refractivity (Wildman–Crippen MR) is 71.3 cm³/mol. The van der Waals surface area contributed by atoms with E-state index in [1.807, 2.05) is 18.3 Å². The van der Waals surface area contributed by atoms with Gasteiger partial charge < -0.3 is 0 Å². The molecular formula is C16H13N. The van der Waals surface area contributed by atoms with E-state index in [2.05, 4.69) is 59.6 Å². The fraction of sp³-hybridized carbons (Fsp3) is 0.0625. The van der Waals surface area contributed by atoms with Gasteiger partial charge in [0.25, 0.3) is 0 Å². The van der Waals surface area contributed by atoms with Gasteiger partial charge in [-0.15, -0.1) is 0 Å². The lowest BCUT2D eigenvalue weighted by Crippen LogP contribution is -2.08. The monoisotopic (exact) mass is 219 g/mol. The molecule has 0 saturated heterocycles. The molecule has 0 bridgehead atoms. The van der Waals surface area contributed by atoms with Crippen LogP contribution in [0.2, 0.25) is 0 Å². The molecule has 0 radical (unpaired) electrons. The van der Waals surface area contributed by atoms with Crippen molar-refractivity contribution in [3.05, 3.63) is 84.1 Å². The maximum absolute atomic E-state index is 4.50. The SMILES string of the molecule is C1=CC(c2ccccc2)C(c2ccccc2)=N1. The number of allylic oxidation sites excluding steroid dienone is 1. The fourth-order valence-corrected chi connectivity index (χ4v) is 2.17. The Hall–Kier alpha value is -2.15. The highest BCUT2D eigenvalue weighted by Gasteiger charge is 2.19. The first kappa shape index (κ1) is 10.0. The van der Waals surface area contributed by atoms with Crippen LogP contribution in [0.5, 0.6) is 0 Å². The Morgan fingerprint density at radius 1 is 0.765 bits per heavy atom. The molecule has 1 aliphatic rings. The fourth-order valence-electron chi connectivity index (χ4n) is 2.17. The van der Waals surface area contributed by atoms with Crippen molar-refractivity contribution in [3.63, 3.8) is 0 Å². The summed E-state index contributed by atoms with van der Waals surface area (Å²) in [6.45, 7) is 0. The number of hydrogen-bond acceptors (Lipinski definition) is 1. The molecule has 0 amide bonds. The smallest absolute Gasteiger partial charge is 0.0589 e. The minimum atomic E-state index is 0.290. The van der Waals surface area contributed by atoms with Gasteiger partial charge in [-0.05, 0) is 11.1 Å². The van der Waals surface area contributed by atoms with Crippen LogP contribution < -0.4 is 0 Å². The van der Waals surface area contributed by atoms with E-state index in [0.29, 0.717) is 5.92 Å². The first-order valence-corrected chi connectivity index (χ1v) is 5.80. The first-order chi connectivity index (χ1) is 8.45. The molecule has 1 atom stereocenters. The van der Waals surface area contributed by atoms with Gasteiger partial charge in [0.1, 0.15) is 0 Å². The highest BCUT2D eigenvalue weighted by atomic mass is 14.7. The van der Waals surface area contributed by atoms with Crippen molar-refractivity contribution in [2.75, 3.05) is 0 Å². The second-order valence-corrected chi connectivity index (χ2v) is 4.11. The van der Waals surface area contributed by atoms with Crippen LogP contribution in [0.15, 0.2) is 77.9 Å². The van der Waals surface area contributed by atoms with Gasteiger partial charge in [0.05, 0.1) is 5.71 Å². The number of aliphatic imine (C=N–C) groups is 1. The van der Waals surface area contributed by atoms with E-state index in [4.69, 9.17) is 0 Å². The number of benzene rings is 2. The normalized spacial score (nSPS) is 18.1. The molecule has 17 heavy (non-hydrogen) atoms. The van der Waals surface area contributed by atoms with E-state index in [9.17, 15) is 0 Å². The van der Waals surface area contributed by atoms with Crippen molar-refractivity contribution in [3.8, 4) is 0 Å². The van der Waals surface area contributed by atoms with E-state index in [1.54, 1.807) is 0 Å². The number of hydrogen-bond donors (Lipinski definition) is 0. The van der Waals surface area contributed by atoms with Gasteiger partial charge in [-0.3, -0.25) is 4.99 Å². The summed E-state index contributed by atoms with van der Waals surface area (Å²) in [6.07, 6.45) is 4.05. The van der Waals surface area contributed by atoms with Crippen molar-refractivity contribution >= 4 is 5.71 Å². The molecule has 2 aromatic rings. The topological polar surface area (TPSA) is 12.4 Å². The molecule has 0 N–H and O–H groups in total. The van der Waals surface area contributed by atoms with Crippen LogP contribution in [0.3, 0.4) is 0 Å².